The summed E-state index contributed by atoms with van der Waals surface area (Å²) in [5, 5.41) is 3.94. The normalized spacial score (nSPS) is 12.2. The van der Waals surface area contributed by atoms with Gasteiger partial charge in [-0.25, -0.2) is 0 Å². The van der Waals surface area contributed by atoms with Gasteiger partial charge in [0, 0.05) is 19.0 Å². The first kappa shape index (κ1) is 17.3. The van der Waals surface area contributed by atoms with Gasteiger partial charge in [-0.15, -0.1) is 0 Å². The number of nitrogens with zero attached hydrogens (tertiary/aromatic N) is 2. The van der Waals surface area contributed by atoms with Crippen LogP contribution in [0.4, 0.5) is 0 Å². The zero-order valence-corrected chi connectivity index (χ0v) is 14.5. The fourth-order valence-corrected chi connectivity index (χ4v) is 2.67. The number of benzene rings is 1. The number of aryl methyl sites for hydroxylation is 3. The van der Waals surface area contributed by atoms with Crippen LogP contribution < -0.4 is 0 Å². The Balaban J connectivity index is 1.81. The molecule has 124 valence electrons. The number of amides is 1. The molecule has 1 unspecified atom stereocenters. The van der Waals surface area contributed by atoms with E-state index in [9.17, 15) is 4.79 Å². The van der Waals surface area contributed by atoms with Crippen molar-refractivity contribution in [3.05, 3.63) is 52.9 Å². The molecule has 1 atom stereocenters. The molecule has 0 fully saturated rings. The van der Waals surface area contributed by atoms with Gasteiger partial charge in [0.15, 0.2) is 0 Å². The highest BCUT2D eigenvalue weighted by Gasteiger charge is 2.17. The number of carbonyl (C=O) groups excluding carboxylic acids is 1. The Bertz CT molecular complexity index is 615. The maximum Gasteiger partial charge on any atom is 0.222 e. The molecule has 1 heterocycles. The number of hydrogen-bond acceptors (Lipinski definition) is 3. The minimum absolute atomic E-state index is 0.172. The standard InChI is InChI=1S/C19H26N2O2/c1-14(10-11-17-8-6-5-7-9-17)12-19(22)21(4)13-18-15(2)20-23-16(18)3/h5-9,14H,10-13H2,1-4H3. The van der Waals surface area contributed by atoms with Crippen molar-refractivity contribution >= 4 is 5.91 Å². The number of hydrogen-bond donors (Lipinski definition) is 0. The van der Waals surface area contributed by atoms with E-state index in [4.69, 9.17) is 4.52 Å². The van der Waals surface area contributed by atoms with E-state index in [1.807, 2.05) is 27.0 Å². The van der Waals surface area contributed by atoms with Gasteiger partial charge >= 0.3 is 0 Å². The average molecular weight is 314 g/mol. The fraction of sp³-hybridized carbons (Fsp3) is 0.474. The smallest absolute Gasteiger partial charge is 0.222 e. The number of rotatable bonds is 7. The van der Waals surface area contributed by atoms with Crippen LogP contribution in [0.5, 0.6) is 0 Å². The average Bonchev–Trinajstić information content (AvgIpc) is 2.85. The summed E-state index contributed by atoms with van der Waals surface area (Å²) in [6, 6.07) is 10.4. The van der Waals surface area contributed by atoms with Crippen LogP contribution in [0.2, 0.25) is 0 Å². The first-order chi connectivity index (χ1) is 11.0. The lowest BCUT2D eigenvalue weighted by Gasteiger charge is -2.19. The van der Waals surface area contributed by atoms with Gasteiger partial charge in [-0.05, 0) is 38.2 Å². The second-order valence-corrected chi connectivity index (χ2v) is 6.39. The zero-order chi connectivity index (χ0) is 16.8. The molecule has 1 aromatic heterocycles. The predicted molar refractivity (Wildman–Crippen MR) is 91.0 cm³/mol. The molecular formula is C19H26N2O2. The largest absolute Gasteiger partial charge is 0.361 e. The topological polar surface area (TPSA) is 46.3 Å². The Morgan fingerprint density at radius 3 is 2.57 bits per heavy atom. The molecule has 0 bridgehead atoms. The summed E-state index contributed by atoms with van der Waals surface area (Å²) in [6.45, 7) is 6.50. The van der Waals surface area contributed by atoms with E-state index in [2.05, 4.69) is 36.3 Å². The number of carbonyl (C=O) groups is 1. The summed E-state index contributed by atoms with van der Waals surface area (Å²) in [6.07, 6.45) is 2.62. The molecule has 1 aromatic carbocycles. The summed E-state index contributed by atoms with van der Waals surface area (Å²) >= 11 is 0. The van der Waals surface area contributed by atoms with Crippen molar-refractivity contribution in [1.82, 2.24) is 10.1 Å². The lowest BCUT2D eigenvalue weighted by Crippen LogP contribution is -2.28. The molecule has 1 amide bonds. The summed E-state index contributed by atoms with van der Waals surface area (Å²) in [4.78, 5) is 14.2. The third-order valence-corrected chi connectivity index (χ3v) is 4.29. The van der Waals surface area contributed by atoms with Gasteiger partial charge in [-0.3, -0.25) is 4.79 Å². The van der Waals surface area contributed by atoms with Gasteiger partial charge < -0.3 is 9.42 Å². The first-order valence-corrected chi connectivity index (χ1v) is 8.17. The summed E-state index contributed by atoms with van der Waals surface area (Å²) < 4.78 is 5.16. The Kier molecular flexibility index (Phi) is 5.97. The van der Waals surface area contributed by atoms with E-state index in [1.54, 1.807) is 4.90 Å². The van der Waals surface area contributed by atoms with E-state index < -0.39 is 0 Å². The molecule has 23 heavy (non-hydrogen) atoms. The second kappa shape index (κ2) is 7.95. The Morgan fingerprint density at radius 2 is 1.96 bits per heavy atom. The fourth-order valence-electron chi connectivity index (χ4n) is 2.67. The molecule has 0 radical (unpaired) electrons. The highest BCUT2D eigenvalue weighted by molar-refractivity contribution is 5.76. The summed E-state index contributed by atoms with van der Waals surface area (Å²) in [5.74, 6) is 1.33. The first-order valence-electron chi connectivity index (χ1n) is 8.17. The van der Waals surface area contributed by atoms with E-state index >= 15 is 0 Å². The molecule has 0 spiro atoms. The van der Waals surface area contributed by atoms with E-state index in [0.29, 0.717) is 18.9 Å². The lowest BCUT2D eigenvalue weighted by molar-refractivity contribution is -0.131. The van der Waals surface area contributed by atoms with E-state index in [-0.39, 0.29) is 5.91 Å². The summed E-state index contributed by atoms with van der Waals surface area (Å²) in [5.41, 5.74) is 3.20. The zero-order valence-electron chi connectivity index (χ0n) is 14.5. The van der Waals surface area contributed by atoms with Gasteiger partial charge in [-0.1, -0.05) is 42.4 Å². The minimum Gasteiger partial charge on any atom is -0.361 e. The van der Waals surface area contributed by atoms with Crippen LogP contribution in [0.15, 0.2) is 34.9 Å². The Labute approximate surface area is 138 Å². The Hall–Kier alpha value is -2.10. The molecule has 0 aliphatic heterocycles. The van der Waals surface area contributed by atoms with Gasteiger partial charge in [-0.2, -0.15) is 0 Å². The van der Waals surface area contributed by atoms with Crippen molar-refractivity contribution in [2.24, 2.45) is 5.92 Å². The highest BCUT2D eigenvalue weighted by Crippen LogP contribution is 2.17. The Morgan fingerprint density at radius 1 is 1.26 bits per heavy atom. The van der Waals surface area contributed by atoms with Crippen molar-refractivity contribution in [2.45, 2.75) is 46.6 Å². The highest BCUT2D eigenvalue weighted by atomic mass is 16.5. The minimum atomic E-state index is 0.172. The SMILES string of the molecule is Cc1noc(C)c1CN(C)C(=O)CC(C)CCc1ccccc1. The van der Waals surface area contributed by atoms with Gasteiger partial charge in [0.2, 0.25) is 5.91 Å². The lowest BCUT2D eigenvalue weighted by atomic mass is 9.97. The summed E-state index contributed by atoms with van der Waals surface area (Å²) in [7, 11) is 1.85. The van der Waals surface area contributed by atoms with Crippen LogP contribution in [0.25, 0.3) is 0 Å². The van der Waals surface area contributed by atoms with Crippen LogP contribution in [-0.2, 0) is 17.8 Å². The van der Waals surface area contributed by atoms with Gasteiger partial charge in [0.25, 0.3) is 0 Å². The molecule has 0 N–H and O–H groups in total. The monoisotopic (exact) mass is 314 g/mol. The third-order valence-electron chi connectivity index (χ3n) is 4.29. The van der Waals surface area contributed by atoms with Crippen LogP contribution in [0.1, 0.15) is 42.3 Å². The molecule has 4 nitrogen and oxygen atoms in total. The third kappa shape index (κ3) is 4.95. The maximum absolute atomic E-state index is 12.4. The molecule has 0 aliphatic rings. The molecular weight excluding hydrogens is 288 g/mol. The van der Waals surface area contributed by atoms with Gasteiger partial charge in [0.1, 0.15) is 5.76 Å². The van der Waals surface area contributed by atoms with Crippen molar-refractivity contribution in [1.29, 1.82) is 0 Å². The molecule has 4 heteroatoms. The van der Waals surface area contributed by atoms with Crippen molar-refractivity contribution in [3.8, 4) is 0 Å². The van der Waals surface area contributed by atoms with Crippen LogP contribution in [0.3, 0.4) is 0 Å². The van der Waals surface area contributed by atoms with Crippen molar-refractivity contribution in [2.75, 3.05) is 7.05 Å². The molecule has 0 saturated heterocycles. The van der Waals surface area contributed by atoms with Crippen LogP contribution >= 0.6 is 0 Å². The number of aromatic nitrogens is 1. The van der Waals surface area contributed by atoms with E-state index in [1.165, 1.54) is 5.56 Å². The second-order valence-electron chi connectivity index (χ2n) is 6.39. The molecule has 0 saturated carbocycles. The van der Waals surface area contributed by atoms with Crippen molar-refractivity contribution < 1.29 is 9.32 Å². The quantitative estimate of drug-likeness (QED) is 0.778. The van der Waals surface area contributed by atoms with Gasteiger partial charge in [0.05, 0.1) is 12.2 Å². The van der Waals surface area contributed by atoms with Crippen LogP contribution in [0, 0.1) is 19.8 Å². The molecule has 2 aromatic rings. The predicted octanol–water partition coefficient (Wildman–Crippen LogP) is 3.91. The maximum atomic E-state index is 12.4. The van der Waals surface area contributed by atoms with Crippen LogP contribution in [-0.4, -0.2) is 23.0 Å². The van der Waals surface area contributed by atoms with Crippen molar-refractivity contribution in [3.63, 3.8) is 0 Å². The molecule has 0 aliphatic carbocycles. The van der Waals surface area contributed by atoms with E-state index in [0.717, 1.165) is 29.9 Å². The molecule has 2 rings (SSSR count).